The highest BCUT2D eigenvalue weighted by Crippen LogP contribution is 2.27. The predicted molar refractivity (Wildman–Crippen MR) is 106 cm³/mol. The van der Waals surface area contributed by atoms with Crippen LogP contribution >= 0.6 is 0 Å². The van der Waals surface area contributed by atoms with E-state index in [1.54, 1.807) is 0 Å². The summed E-state index contributed by atoms with van der Waals surface area (Å²) >= 11 is 0. The third kappa shape index (κ3) is 4.20. The largest absolute Gasteiger partial charge is 0.342 e. The number of hydrogen-bond acceptors (Lipinski definition) is 4. The van der Waals surface area contributed by atoms with Crippen molar-refractivity contribution in [1.29, 1.82) is 0 Å². The second-order valence-electron chi connectivity index (χ2n) is 8.78. The van der Waals surface area contributed by atoms with E-state index in [-0.39, 0.29) is 11.3 Å². The van der Waals surface area contributed by atoms with Crippen LogP contribution in [0.1, 0.15) is 50.7 Å². The molecular formula is C21H31N5O. The topological polar surface area (TPSA) is 63.9 Å². The Balaban J connectivity index is 1.69. The number of hydrogen-bond donors (Lipinski definition) is 0. The standard InChI is InChI=1S/C21H31N5O/c1-14-19(15(2)25(6)24-14)18-12-22-17(11-23-18)10-16-8-7-9-26(13-16)20(27)21(3,4)5/h11-12,16H,7-10,13H2,1-6H3/t16-/m1/s1. The van der Waals surface area contributed by atoms with E-state index in [0.717, 1.165) is 60.7 Å². The number of likely N-dealkylation sites (tertiary alicyclic amines) is 1. The Bertz CT molecular complexity index is 816. The molecule has 6 nitrogen and oxygen atoms in total. The number of amides is 1. The normalized spacial score (nSPS) is 18.0. The maximum Gasteiger partial charge on any atom is 0.227 e. The maximum absolute atomic E-state index is 12.6. The van der Waals surface area contributed by atoms with Gasteiger partial charge in [-0.25, -0.2) is 0 Å². The molecule has 1 aliphatic heterocycles. The molecule has 6 heteroatoms. The molecule has 3 heterocycles. The van der Waals surface area contributed by atoms with Crippen LogP contribution in [0, 0.1) is 25.2 Å². The van der Waals surface area contributed by atoms with Crippen LogP contribution in [0.4, 0.5) is 0 Å². The van der Waals surface area contributed by atoms with Gasteiger partial charge in [-0.2, -0.15) is 5.10 Å². The van der Waals surface area contributed by atoms with Crippen LogP contribution in [0.2, 0.25) is 0 Å². The van der Waals surface area contributed by atoms with E-state index in [4.69, 9.17) is 0 Å². The number of piperidine rings is 1. The first-order valence-corrected chi connectivity index (χ1v) is 9.77. The summed E-state index contributed by atoms with van der Waals surface area (Å²) in [4.78, 5) is 23.9. The lowest BCUT2D eigenvalue weighted by molar-refractivity contribution is -0.141. The summed E-state index contributed by atoms with van der Waals surface area (Å²) in [5.74, 6) is 0.697. The minimum absolute atomic E-state index is 0.246. The van der Waals surface area contributed by atoms with Gasteiger partial charge in [0, 0.05) is 43.0 Å². The Morgan fingerprint density at radius 2 is 1.96 bits per heavy atom. The van der Waals surface area contributed by atoms with Gasteiger partial charge in [0.1, 0.15) is 0 Å². The molecule has 146 valence electrons. The van der Waals surface area contributed by atoms with E-state index in [1.807, 2.05) is 63.6 Å². The van der Waals surface area contributed by atoms with Crippen molar-refractivity contribution in [2.24, 2.45) is 18.4 Å². The molecule has 0 aromatic carbocycles. The van der Waals surface area contributed by atoms with Gasteiger partial charge < -0.3 is 4.90 Å². The first-order valence-electron chi connectivity index (χ1n) is 9.77. The van der Waals surface area contributed by atoms with Crippen molar-refractivity contribution in [2.75, 3.05) is 13.1 Å². The molecule has 0 spiro atoms. The molecule has 1 amide bonds. The average molecular weight is 370 g/mol. The van der Waals surface area contributed by atoms with Gasteiger partial charge in [0.15, 0.2) is 0 Å². The summed E-state index contributed by atoms with van der Waals surface area (Å²) in [6, 6.07) is 0. The summed E-state index contributed by atoms with van der Waals surface area (Å²) in [6.07, 6.45) is 6.80. The Morgan fingerprint density at radius 1 is 1.22 bits per heavy atom. The van der Waals surface area contributed by atoms with Gasteiger partial charge in [0.25, 0.3) is 0 Å². The van der Waals surface area contributed by atoms with Crippen LogP contribution in [0.3, 0.4) is 0 Å². The number of carbonyl (C=O) groups excluding carboxylic acids is 1. The lowest BCUT2D eigenvalue weighted by atomic mass is 9.89. The molecular weight excluding hydrogens is 338 g/mol. The molecule has 2 aromatic rings. The first kappa shape index (κ1) is 19.5. The molecule has 1 aliphatic rings. The molecule has 0 bridgehead atoms. The highest BCUT2D eigenvalue weighted by atomic mass is 16.2. The Hall–Kier alpha value is -2.24. The number of rotatable bonds is 3. The summed E-state index contributed by atoms with van der Waals surface area (Å²) in [6.45, 7) is 11.7. The molecule has 0 N–H and O–H groups in total. The molecule has 0 saturated carbocycles. The van der Waals surface area contributed by atoms with Crippen LogP contribution in [-0.4, -0.2) is 43.6 Å². The van der Waals surface area contributed by atoms with Gasteiger partial charge in [-0.3, -0.25) is 19.4 Å². The number of aryl methyl sites for hydroxylation is 2. The van der Waals surface area contributed by atoms with E-state index in [2.05, 4.69) is 15.1 Å². The van der Waals surface area contributed by atoms with Gasteiger partial charge in [-0.1, -0.05) is 20.8 Å². The van der Waals surface area contributed by atoms with Crippen molar-refractivity contribution in [3.63, 3.8) is 0 Å². The summed E-state index contributed by atoms with van der Waals surface area (Å²) < 4.78 is 1.88. The minimum Gasteiger partial charge on any atom is -0.342 e. The molecule has 0 aliphatic carbocycles. The lowest BCUT2D eigenvalue weighted by Crippen LogP contribution is -2.45. The highest BCUT2D eigenvalue weighted by Gasteiger charge is 2.31. The SMILES string of the molecule is Cc1nn(C)c(C)c1-c1cnc(C[C@H]2CCCN(C(=O)C(C)(C)C)C2)cn1. The van der Waals surface area contributed by atoms with Crippen molar-refractivity contribution < 1.29 is 4.79 Å². The van der Waals surface area contributed by atoms with Gasteiger partial charge in [-0.15, -0.1) is 0 Å². The lowest BCUT2D eigenvalue weighted by Gasteiger charge is -2.36. The van der Waals surface area contributed by atoms with Crippen molar-refractivity contribution in [3.05, 3.63) is 29.5 Å². The van der Waals surface area contributed by atoms with Crippen molar-refractivity contribution in [1.82, 2.24) is 24.6 Å². The summed E-state index contributed by atoms with van der Waals surface area (Å²) in [5.41, 5.74) is 4.68. The van der Waals surface area contributed by atoms with E-state index >= 15 is 0 Å². The van der Waals surface area contributed by atoms with Crippen molar-refractivity contribution in [3.8, 4) is 11.3 Å². The zero-order valence-corrected chi connectivity index (χ0v) is 17.4. The minimum atomic E-state index is -0.317. The molecule has 1 fully saturated rings. The van der Waals surface area contributed by atoms with Gasteiger partial charge in [0.2, 0.25) is 5.91 Å². The third-order valence-electron chi connectivity index (χ3n) is 5.42. The fraction of sp³-hybridized carbons (Fsp3) is 0.619. The monoisotopic (exact) mass is 369 g/mol. The van der Waals surface area contributed by atoms with Gasteiger partial charge in [0.05, 0.1) is 23.3 Å². The predicted octanol–water partition coefficient (Wildman–Crippen LogP) is 3.32. The highest BCUT2D eigenvalue weighted by molar-refractivity contribution is 5.81. The second-order valence-corrected chi connectivity index (χ2v) is 8.78. The Labute approximate surface area is 162 Å². The molecule has 3 rings (SSSR count). The first-order chi connectivity index (χ1) is 12.7. The Kier molecular flexibility index (Phi) is 5.36. The average Bonchev–Trinajstić information content (AvgIpc) is 2.87. The summed E-state index contributed by atoms with van der Waals surface area (Å²) in [5, 5.41) is 4.46. The zero-order chi connectivity index (χ0) is 19.8. The Morgan fingerprint density at radius 3 is 2.52 bits per heavy atom. The number of carbonyl (C=O) groups is 1. The molecule has 1 atom stereocenters. The van der Waals surface area contributed by atoms with Crippen LogP contribution in [-0.2, 0) is 18.3 Å². The zero-order valence-electron chi connectivity index (χ0n) is 17.4. The van der Waals surface area contributed by atoms with Crippen LogP contribution in [0.5, 0.6) is 0 Å². The quantitative estimate of drug-likeness (QED) is 0.832. The molecule has 0 unspecified atom stereocenters. The molecule has 27 heavy (non-hydrogen) atoms. The summed E-state index contributed by atoms with van der Waals surface area (Å²) in [7, 11) is 1.95. The molecule has 1 saturated heterocycles. The molecule has 0 radical (unpaired) electrons. The number of nitrogens with zero attached hydrogens (tertiary/aromatic N) is 5. The van der Waals surface area contributed by atoms with E-state index < -0.39 is 0 Å². The van der Waals surface area contributed by atoms with Crippen molar-refractivity contribution >= 4 is 5.91 Å². The third-order valence-corrected chi connectivity index (χ3v) is 5.42. The van der Waals surface area contributed by atoms with Gasteiger partial charge in [-0.05, 0) is 39.0 Å². The van der Waals surface area contributed by atoms with Crippen LogP contribution in [0.25, 0.3) is 11.3 Å². The van der Waals surface area contributed by atoms with Crippen LogP contribution in [0.15, 0.2) is 12.4 Å². The smallest absolute Gasteiger partial charge is 0.227 e. The fourth-order valence-electron chi connectivity index (χ4n) is 3.92. The van der Waals surface area contributed by atoms with Crippen LogP contribution < -0.4 is 0 Å². The van der Waals surface area contributed by atoms with E-state index in [1.165, 1.54) is 0 Å². The maximum atomic E-state index is 12.6. The molecule has 2 aromatic heterocycles. The second kappa shape index (κ2) is 7.41. The van der Waals surface area contributed by atoms with Gasteiger partial charge >= 0.3 is 0 Å². The number of aromatic nitrogens is 4. The van der Waals surface area contributed by atoms with Crippen molar-refractivity contribution in [2.45, 2.75) is 53.9 Å². The van der Waals surface area contributed by atoms with E-state index in [0.29, 0.717) is 5.92 Å². The van der Waals surface area contributed by atoms with E-state index in [9.17, 15) is 4.79 Å². The fourth-order valence-corrected chi connectivity index (χ4v) is 3.92.